The van der Waals surface area contributed by atoms with Crippen LogP contribution in [0.1, 0.15) is 27.9 Å². The summed E-state index contributed by atoms with van der Waals surface area (Å²) in [4.78, 5) is 17.7. The zero-order chi connectivity index (χ0) is 16.9. The lowest BCUT2D eigenvalue weighted by molar-refractivity contribution is -0.119. The van der Waals surface area contributed by atoms with Crippen LogP contribution in [0.4, 0.5) is 0 Å². The van der Waals surface area contributed by atoms with Crippen molar-refractivity contribution in [1.82, 2.24) is 20.5 Å². The van der Waals surface area contributed by atoms with Crippen LogP contribution in [0.5, 0.6) is 0 Å². The molecule has 1 aromatic carbocycles. The molecule has 2 heterocycles. The predicted octanol–water partition coefficient (Wildman–Crippen LogP) is 3.48. The Kier molecular flexibility index (Phi) is 5.32. The Morgan fingerprint density at radius 3 is 2.71 bits per heavy atom. The minimum absolute atomic E-state index is 0.0403. The summed E-state index contributed by atoms with van der Waals surface area (Å²) in [6.45, 7) is 3.89. The SMILES string of the molecule is Cc1ccc([C@H](NC(=O)CSc2n[nH]c(C)n2)c2cccs2)cc1. The van der Waals surface area contributed by atoms with Gasteiger partial charge < -0.3 is 5.32 Å². The first-order valence-corrected chi connectivity index (χ1v) is 9.39. The fraction of sp³-hybridized carbons (Fsp3) is 0.235. The number of benzene rings is 1. The summed E-state index contributed by atoms with van der Waals surface area (Å²) in [6, 6.07) is 12.2. The minimum Gasteiger partial charge on any atom is -0.344 e. The van der Waals surface area contributed by atoms with Crippen LogP contribution in [0.25, 0.3) is 0 Å². The fourth-order valence-corrected chi connectivity index (χ4v) is 3.71. The minimum atomic E-state index is -0.132. The van der Waals surface area contributed by atoms with Crippen molar-refractivity contribution in [1.29, 1.82) is 0 Å². The molecule has 0 aliphatic rings. The van der Waals surface area contributed by atoms with Crippen molar-refractivity contribution in [2.45, 2.75) is 25.0 Å². The monoisotopic (exact) mass is 358 g/mol. The van der Waals surface area contributed by atoms with Crippen molar-refractivity contribution in [2.24, 2.45) is 0 Å². The molecular formula is C17H18N4OS2. The van der Waals surface area contributed by atoms with E-state index in [0.29, 0.717) is 5.16 Å². The average molecular weight is 358 g/mol. The number of thioether (sulfide) groups is 1. The largest absolute Gasteiger partial charge is 0.344 e. The Hall–Kier alpha value is -2.12. The van der Waals surface area contributed by atoms with E-state index < -0.39 is 0 Å². The Morgan fingerprint density at radius 2 is 2.08 bits per heavy atom. The van der Waals surface area contributed by atoms with Gasteiger partial charge in [-0.2, -0.15) is 0 Å². The number of rotatable bonds is 6. The van der Waals surface area contributed by atoms with Crippen molar-refractivity contribution < 1.29 is 4.79 Å². The maximum Gasteiger partial charge on any atom is 0.231 e. The van der Waals surface area contributed by atoms with E-state index in [1.165, 1.54) is 17.3 Å². The van der Waals surface area contributed by atoms with Crippen molar-refractivity contribution in [3.8, 4) is 0 Å². The molecule has 1 amide bonds. The lowest BCUT2D eigenvalue weighted by Gasteiger charge is -2.18. The standard InChI is InChI=1S/C17H18N4OS2/c1-11-5-7-13(8-6-11)16(14-4-3-9-23-14)19-15(22)10-24-17-18-12(2)20-21-17/h3-9,16H,10H2,1-2H3,(H,19,22)(H,18,20,21)/t16-/m0/s1. The number of nitrogens with zero attached hydrogens (tertiary/aromatic N) is 2. The number of hydrogen-bond donors (Lipinski definition) is 2. The number of aryl methyl sites for hydroxylation is 2. The fourth-order valence-electron chi connectivity index (χ4n) is 2.25. The first-order valence-electron chi connectivity index (χ1n) is 7.53. The number of H-pyrrole nitrogens is 1. The molecule has 124 valence electrons. The number of amides is 1. The van der Waals surface area contributed by atoms with E-state index in [4.69, 9.17) is 0 Å². The third-order valence-corrected chi connectivity index (χ3v) is 5.24. The maximum atomic E-state index is 12.4. The van der Waals surface area contributed by atoms with E-state index in [1.807, 2.05) is 24.4 Å². The summed E-state index contributed by atoms with van der Waals surface area (Å²) in [5.41, 5.74) is 2.28. The summed E-state index contributed by atoms with van der Waals surface area (Å²) in [7, 11) is 0. The van der Waals surface area contributed by atoms with E-state index in [2.05, 4.69) is 51.7 Å². The van der Waals surface area contributed by atoms with Gasteiger partial charge in [-0.15, -0.1) is 16.4 Å². The molecule has 7 heteroatoms. The Labute approximate surface area is 148 Å². The molecule has 2 N–H and O–H groups in total. The van der Waals surface area contributed by atoms with Gasteiger partial charge in [-0.3, -0.25) is 9.89 Å². The predicted molar refractivity (Wildman–Crippen MR) is 97.3 cm³/mol. The highest BCUT2D eigenvalue weighted by Gasteiger charge is 2.18. The van der Waals surface area contributed by atoms with Gasteiger partial charge in [-0.1, -0.05) is 47.7 Å². The molecule has 2 aromatic heterocycles. The topological polar surface area (TPSA) is 70.7 Å². The molecule has 3 aromatic rings. The summed E-state index contributed by atoms with van der Waals surface area (Å²) in [5.74, 6) is 0.987. The molecule has 1 atom stereocenters. The zero-order valence-corrected chi connectivity index (χ0v) is 15.1. The van der Waals surface area contributed by atoms with Crippen LogP contribution in [0.15, 0.2) is 46.9 Å². The van der Waals surface area contributed by atoms with Crippen LogP contribution in [-0.2, 0) is 4.79 Å². The first-order chi connectivity index (χ1) is 11.6. The highest BCUT2D eigenvalue weighted by atomic mass is 32.2. The smallest absolute Gasteiger partial charge is 0.231 e. The highest BCUT2D eigenvalue weighted by molar-refractivity contribution is 7.99. The highest BCUT2D eigenvalue weighted by Crippen LogP contribution is 2.26. The molecule has 0 saturated heterocycles. The second-order valence-electron chi connectivity index (χ2n) is 5.42. The van der Waals surface area contributed by atoms with Crippen molar-refractivity contribution in [3.05, 3.63) is 63.6 Å². The van der Waals surface area contributed by atoms with Gasteiger partial charge in [-0.05, 0) is 30.9 Å². The quantitative estimate of drug-likeness (QED) is 0.662. The molecular weight excluding hydrogens is 340 g/mol. The maximum absolute atomic E-state index is 12.4. The second-order valence-corrected chi connectivity index (χ2v) is 7.34. The van der Waals surface area contributed by atoms with Gasteiger partial charge >= 0.3 is 0 Å². The molecule has 0 aliphatic carbocycles. The van der Waals surface area contributed by atoms with Crippen LogP contribution in [0.3, 0.4) is 0 Å². The molecule has 0 fully saturated rings. The second kappa shape index (κ2) is 7.63. The van der Waals surface area contributed by atoms with Crippen LogP contribution in [0, 0.1) is 13.8 Å². The van der Waals surface area contributed by atoms with Gasteiger partial charge in [0.2, 0.25) is 11.1 Å². The van der Waals surface area contributed by atoms with Gasteiger partial charge in [0.1, 0.15) is 5.82 Å². The van der Waals surface area contributed by atoms with Gasteiger partial charge in [0.25, 0.3) is 0 Å². The Bertz CT molecular complexity index is 796. The Balaban J connectivity index is 1.69. The Morgan fingerprint density at radius 1 is 1.29 bits per heavy atom. The first kappa shape index (κ1) is 16.7. The molecule has 0 bridgehead atoms. The van der Waals surface area contributed by atoms with E-state index in [0.717, 1.165) is 16.3 Å². The molecule has 3 rings (SSSR count). The van der Waals surface area contributed by atoms with E-state index in [1.54, 1.807) is 11.3 Å². The van der Waals surface area contributed by atoms with Crippen molar-refractivity contribution in [2.75, 3.05) is 5.75 Å². The summed E-state index contributed by atoms with van der Waals surface area (Å²) < 4.78 is 0. The van der Waals surface area contributed by atoms with Gasteiger partial charge in [0.05, 0.1) is 11.8 Å². The normalized spacial score (nSPS) is 12.1. The number of aromatic amines is 1. The number of hydrogen-bond acceptors (Lipinski definition) is 5. The summed E-state index contributed by atoms with van der Waals surface area (Å²) >= 11 is 2.96. The molecule has 0 unspecified atom stereocenters. The zero-order valence-electron chi connectivity index (χ0n) is 13.4. The van der Waals surface area contributed by atoms with E-state index in [9.17, 15) is 4.79 Å². The number of aromatic nitrogens is 3. The van der Waals surface area contributed by atoms with Crippen molar-refractivity contribution in [3.63, 3.8) is 0 Å². The molecule has 0 radical (unpaired) electrons. The molecule has 5 nitrogen and oxygen atoms in total. The van der Waals surface area contributed by atoms with E-state index in [-0.39, 0.29) is 17.7 Å². The molecule has 0 saturated carbocycles. The van der Waals surface area contributed by atoms with Crippen LogP contribution in [-0.4, -0.2) is 26.8 Å². The number of nitrogens with one attached hydrogen (secondary N) is 2. The molecule has 0 spiro atoms. The van der Waals surface area contributed by atoms with Crippen LogP contribution in [0.2, 0.25) is 0 Å². The number of carbonyl (C=O) groups excluding carboxylic acids is 1. The lowest BCUT2D eigenvalue weighted by atomic mass is 10.0. The summed E-state index contributed by atoms with van der Waals surface area (Å²) in [6.07, 6.45) is 0. The van der Waals surface area contributed by atoms with Crippen LogP contribution < -0.4 is 5.32 Å². The molecule has 0 aliphatic heterocycles. The molecule has 24 heavy (non-hydrogen) atoms. The van der Waals surface area contributed by atoms with Gasteiger partial charge in [0.15, 0.2) is 0 Å². The third kappa shape index (κ3) is 4.24. The average Bonchev–Trinajstić information content (AvgIpc) is 3.23. The van der Waals surface area contributed by atoms with Crippen LogP contribution >= 0.6 is 23.1 Å². The number of thiophene rings is 1. The number of carbonyl (C=O) groups is 1. The van der Waals surface area contributed by atoms with E-state index >= 15 is 0 Å². The van der Waals surface area contributed by atoms with Gasteiger partial charge in [-0.25, -0.2) is 4.98 Å². The summed E-state index contributed by atoms with van der Waals surface area (Å²) in [5, 5.41) is 12.5. The van der Waals surface area contributed by atoms with Crippen molar-refractivity contribution >= 4 is 29.0 Å². The third-order valence-electron chi connectivity index (χ3n) is 3.45. The lowest BCUT2D eigenvalue weighted by Crippen LogP contribution is -2.30. The van der Waals surface area contributed by atoms with Gasteiger partial charge in [0, 0.05) is 4.88 Å².